The molecule has 0 aromatic heterocycles. The van der Waals surface area contributed by atoms with Crippen LogP contribution in [0, 0.1) is 5.92 Å². The van der Waals surface area contributed by atoms with Crippen LogP contribution in [0.2, 0.25) is 0 Å². The number of hydrogen-bond acceptors (Lipinski definition) is 4. The number of nitrogens with two attached hydrogens (primary N) is 1. The summed E-state index contributed by atoms with van der Waals surface area (Å²) in [6.45, 7) is 4.53. The lowest BCUT2D eigenvalue weighted by atomic mass is 10.0. The normalized spacial score (nSPS) is 36.6. The van der Waals surface area contributed by atoms with Gasteiger partial charge in [-0.2, -0.15) is 0 Å². The van der Waals surface area contributed by atoms with Crippen molar-refractivity contribution >= 4 is 0 Å². The number of nitrogens with zero attached hydrogens (tertiary/aromatic N) is 1. The summed E-state index contributed by atoms with van der Waals surface area (Å²) >= 11 is 0. The van der Waals surface area contributed by atoms with Crippen LogP contribution in [0.15, 0.2) is 0 Å². The van der Waals surface area contributed by atoms with Crippen LogP contribution in [0.5, 0.6) is 0 Å². The molecule has 0 aromatic carbocycles. The van der Waals surface area contributed by atoms with Crippen LogP contribution in [0.25, 0.3) is 0 Å². The smallest absolute Gasteiger partial charge is 0.0702 e. The minimum Gasteiger partial charge on any atom is -0.379 e. The second-order valence-corrected chi connectivity index (χ2v) is 4.82. The average molecular weight is 214 g/mol. The lowest BCUT2D eigenvalue weighted by Crippen LogP contribution is -2.39. The van der Waals surface area contributed by atoms with Crippen LogP contribution in [0.4, 0.5) is 0 Å². The van der Waals surface area contributed by atoms with Gasteiger partial charge in [-0.3, -0.25) is 0 Å². The van der Waals surface area contributed by atoms with Crippen molar-refractivity contribution in [1.29, 1.82) is 0 Å². The summed E-state index contributed by atoms with van der Waals surface area (Å²) < 4.78 is 11.0. The fraction of sp³-hybridized carbons (Fsp3) is 1.00. The molecule has 0 amide bonds. The summed E-state index contributed by atoms with van der Waals surface area (Å²) in [4.78, 5) is 2.33. The molecule has 0 aromatic rings. The van der Waals surface area contributed by atoms with E-state index in [1.807, 2.05) is 0 Å². The highest BCUT2D eigenvalue weighted by Crippen LogP contribution is 2.16. The number of likely N-dealkylation sites (N-methyl/N-ethyl adjacent to an activating group) is 1. The molecule has 3 atom stereocenters. The molecule has 3 unspecified atom stereocenters. The van der Waals surface area contributed by atoms with Crippen molar-refractivity contribution in [3.05, 3.63) is 0 Å². The van der Waals surface area contributed by atoms with Crippen molar-refractivity contribution in [2.75, 3.05) is 40.0 Å². The van der Waals surface area contributed by atoms with Crippen LogP contribution < -0.4 is 5.73 Å². The van der Waals surface area contributed by atoms with Gasteiger partial charge < -0.3 is 20.1 Å². The first-order valence-corrected chi connectivity index (χ1v) is 5.89. The van der Waals surface area contributed by atoms with Gasteiger partial charge in [0.2, 0.25) is 0 Å². The summed E-state index contributed by atoms with van der Waals surface area (Å²) in [5, 5.41) is 0. The molecule has 4 heteroatoms. The molecule has 0 radical (unpaired) electrons. The molecule has 0 saturated carbocycles. The van der Waals surface area contributed by atoms with Crippen molar-refractivity contribution in [3.8, 4) is 0 Å². The van der Waals surface area contributed by atoms with E-state index >= 15 is 0 Å². The van der Waals surface area contributed by atoms with Crippen LogP contribution in [0.3, 0.4) is 0 Å². The van der Waals surface area contributed by atoms with Crippen LogP contribution >= 0.6 is 0 Å². The fourth-order valence-electron chi connectivity index (χ4n) is 2.41. The molecule has 2 aliphatic rings. The maximum absolute atomic E-state index is 5.95. The third-order valence-corrected chi connectivity index (χ3v) is 3.33. The number of hydrogen-bond donors (Lipinski definition) is 1. The van der Waals surface area contributed by atoms with E-state index in [0.29, 0.717) is 12.0 Å². The maximum atomic E-state index is 5.95. The van der Waals surface area contributed by atoms with Gasteiger partial charge >= 0.3 is 0 Å². The molecule has 15 heavy (non-hydrogen) atoms. The highest BCUT2D eigenvalue weighted by atomic mass is 16.5. The standard InChI is InChI=1S/C11H22N2O2/c1-13(6-10-3-2-4-15-10)5-9-7-14-8-11(9)12/h9-11H,2-8,12H2,1H3. The zero-order valence-electron chi connectivity index (χ0n) is 9.52. The second kappa shape index (κ2) is 5.25. The first kappa shape index (κ1) is 11.3. The predicted octanol–water partition coefficient (Wildman–Crippen LogP) is 0.0709. The van der Waals surface area contributed by atoms with Crippen LogP contribution in [0.1, 0.15) is 12.8 Å². The SMILES string of the molecule is CN(CC1CCCO1)CC1COCC1N. The first-order valence-electron chi connectivity index (χ1n) is 5.89. The van der Waals surface area contributed by atoms with Gasteiger partial charge in [0.05, 0.1) is 19.3 Å². The molecule has 2 fully saturated rings. The Morgan fingerprint density at radius 3 is 2.80 bits per heavy atom. The van der Waals surface area contributed by atoms with Gasteiger partial charge in [0.25, 0.3) is 0 Å². The molecule has 0 bridgehead atoms. The Labute approximate surface area is 91.7 Å². The molecule has 2 aliphatic heterocycles. The second-order valence-electron chi connectivity index (χ2n) is 4.82. The summed E-state index contributed by atoms with van der Waals surface area (Å²) in [5.74, 6) is 0.497. The van der Waals surface area contributed by atoms with E-state index in [0.717, 1.165) is 32.9 Å². The topological polar surface area (TPSA) is 47.7 Å². The zero-order valence-corrected chi connectivity index (χ0v) is 9.52. The van der Waals surface area contributed by atoms with Crippen molar-refractivity contribution < 1.29 is 9.47 Å². The van der Waals surface area contributed by atoms with E-state index in [4.69, 9.17) is 15.2 Å². The van der Waals surface area contributed by atoms with E-state index in [2.05, 4.69) is 11.9 Å². The Morgan fingerprint density at radius 2 is 2.20 bits per heavy atom. The minimum absolute atomic E-state index is 0.219. The van der Waals surface area contributed by atoms with Crippen molar-refractivity contribution in [2.24, 2.45) is 11.7 Å². The van der Waals surface area contributed by atoms with Gasteiger partial charge in [-0.1, -0.05) is 0 Å². The zero-order chi connectivity index (χ0) is 10.7. The van der Waals surface area contributed by atoms with Gasteiger partial charge in [-0.05, 0) is 19.9 Å². The van der Waals surface area contributed by atoms with E-state index in [1.54, 1.807) is 0 Å². The highest BCUT2D eigenvalue weighted by Gasteiger charge is 2.27. The molecular weight excluding hydrogens is 192 g/mol. The summed E-state index contributed by atoms with van der Waals surface area (Å²) in [7, 11) is 2.15. The monoisotopic (exact) mass is 214 g/mol. The Morgan fingerprint density at radius 1 is 1.33 bits per heavy atom. The Kier molecular flexibility index (Phi) is 3.97. The summed E-state index contributed by atoms with van der Waals surface area (Å²) in [6, 6.07) is 0.219. The van der Waals surface area contributed by atoms with Gasteiger partial charge in [-0.25, -0.2) is 0 Å². The highest BCUT2D eigenvalue weighted by molar-refractivity contribution is 4.81. The van der Waals surface area contributed by atoms with E-state index < -0.39 is 0 Å². The minimum atomic E-state index is 0.219. The van der Waals surface area contributed by atoms with Crippen LogP contribution in [-0.2, 0) is 9.47 Å². The third-order valence-electron chi connectivity index (χ3n) is 3.33. The van der Waals surface area contributed by atoms with Crippen LogP contribution in [-0.4, -0.2) is 57.0 Å². The molecule has 0 aliphatic carbocycles. The fourth-order valence-corrected chi connectivity index (χ4v) is 2.41. The molecule has 2 N–H and O–H groups in total. The maximum Gasteiger partial charge on any atom is 0.0702 e. The van der Waals surface area contributed by atoms with Gasteiger partial charge in [-0.15, -0.1) is 0 Å². The third kappa shape index (κ3) is 3.14. The molecular formula is C11H22N2O2. The molecule has 4 nitrogen and oxygen atoms in total. The Balaban J connectivity index is 1.69. The molecule has 0 spiro atoms. The molecule has 2 rings (SSSR count). The first-order chi connectivity index (χ1) is 7.25. The lowest BCUT2D eigenvalue weighted by molar-refractivity contribution is 0.0749. The molecule has 2 saturated heterocycles. The Hall–Kier alpha value is -0.160. The molecule has 2 heterocycles. The van der Waals surface area contributed by atoms with Crippen molar-refractivity contribution in [3.63, 3.8) is 0 Å². The summed E-state index contributed by atoms with van der Waals surface area (Å²) in [6.07, 6.45) is 2.86. The largest absolute Gasteiger partial charge is 0.379 e. The summed E-state index contributed by atoms with van der Waals surface area (Å²) in [5.41, 5.74) is 5.95. The number of rotatable bonds is 4. The lowest BCUT2D eigenvalue weighted by Gasteiger charge is -2.24. The van der Waals surface area contributed by atoms with Gasteiger partial charge in [0, 0.05) is 31.7 Å². The van der Waals surface area contributed by atoms with Crippen molar-refractivity contribution in [2.45, 2.75) is 25.0 Å². The van der Waals surface area contributed by atoms with E-state index in [-0.39, 0.29) is 6.04 Å². The van der Waals surface area contributed by atoms with E-state index in [1.165, 1.54) is 12.8 Å². The van der Waals surface area contributed by atoms with Gasteiger partial charge in [0.1, 0.15) is 0 Å². The quantitative estimate of drug-likeness (QED) is 0.719. The molecule has 88 valence electrons. The van der Waals surface area contributed by atoms with E-state index in [9.17, 15) is 0 Å². The van der Waals surface area contributed by atoms with Gasteiger partial charge in [0.15, 0.2) is 0 Å². The Bertz CT molecular complexity index is 195. The average Bonchev–Trinajstić information content (AvgIpc) is 2.79. The van der Waals surface area contributed by atoms with Crippen molar-refractivity contribution in [1.82, 2.24) is 4.90 Å². The predicted molar refractivity (Wildman–Crippen MR) is 58.8 cm³/mol. The number of ether oxygens (including phenoxy) is 2.